The lowest BCUT2D eigenvalue weighted by atomic mass is 9.91. The molecule has 6 heteroatoms. The molecule has 2 saturated carbocycles. The van der Waals surface area contributed by atoms with E-state index >= 15 is 0 Å². The van der Waals surface area contributed by atoms with E-state index in [-0.39, 0.29) is 30.1 Å². The van der Waals surface area contributed by atoms with Crippen LogP contribution in [0, 0.1) is 5.92 Å². The van der Waals surface area contributed by atoms with Gasteiger partial charge in [-0.25, -0.2) is 4.79 Å². The number of hydrogen-bond donors (Lipinski definition) is 4. The molecule has 0 aromatic carbocycles. The largest absolute Gasteiger partial charge is 0.481 e. The molecule has 108 valence electrons. The smallest absolute Gasteiger partial charge is 0.315 e. The normalized spacial score (nSPS) is 34.8. The van der Waals surface area contributed by atoms with Gasteiger partial charge in [0.15, 0.2) is 0 Å². The van der Waals surface area contributed by atoms with Gasteiger partial charge in [-0.05, 0) is 32.1 Å². The molecule has 4 atom stereocenters. The summed E-state index contributed by atoms with van der Waals surface area (Å²) in [5.74, 6) is -1.08. The van der Waals surface area contributed by atoms with Crippen molar-refractivity contribution in [3.63, 3.8) is 0 Å². The van der Waals surface area contributed by atoms with Crippen molar-refractivity contribution in [1.82, 2.24) is 10.6 Å². The van der Waals surface area contributed by atoms with E-state index in [4.69, 9.17) is 10.8 Å². The number of hydrogen-bond acceptors (Lipinski definition) is 3. The number of carboxylic acid groups (broad SMARTS) is 1. The van der Waals surface area contributed by atoms with E-state index in [1.165, 1.54) is 0 Å². The van der Waals surface area contributed by atoms with Crippen LogP contribution >= 0.6 is 0 Å². The molecule has 2 aliphatic carbocycles. The number of carbonyl (C=O) groups is 2. The number of carboxylic acids is 1. The topological polar surface area (TPSA) is 104 Å². The lowest BCUT2D eigenvalue weighted by Crippen LogP contribution is -2.53. The molecule has 0 aromatic rings. The highest BCUT2D eigenvalue weighted by atomic mass is 16.4. The van der Waals surface area contributed by atoms with E-state index in [0.29, 0.717) is 12.8 Å². The summed E-state index contributed by atoms with van der Waals surface area (Å²) in [4.78, 5) is 22.7. The Hall–Kier alpha value is -1.30. The van der Waals surface area contributed by atoms with E-state index in [2.05, 4.69) is 10.6 Å². The van der Waals surface area contributed by atoms with Gasteiger partial charge in [0.05, 0.1) is 5.92 Å². The molecule has 6 nitrogen and oxygen atoms in total. The highest BCUT2D eigenvalue weighted by Crippen LogP contribution is 2.25. The second-order valence-electron chi connectivity index (χ2n) is 5.72. The molecular weight excluding hydrogens is 246 g/mol. The summed E-state index contributed by atoms with van der Waals surface area (Å²) < 4.78 is 0. The summed E-state index contributed by atoms with van der Waals surface area (Å²) in [7, 11) is 0. The van der Waals surface area contributed by atoms with Crippen LogP contribution in [0.25, 0.3) is 0 Å². The van der Waals surface area contributed by atoms with Crippen LogP contribution < -0.4 is 16.4 Å². The van der Waals surface area contributed by atoms with Gasteiger partial charge >= 0.3 is 12.0 Å². The highest BCUT2D eigenvalue weighted by Gasteiger charge is 2.31. The number of rotatable bonds is 3. The van der Waals surface area contributed by atoms with Gasteiger partial charge in [0.25, 0.3) is 0 Å². The van der Waals surface area contributed by atoms with Crippen molar-refractivity contribution >= 4 is 12.0 Å². The summed E-state index contributed by atoms with van der Waals surface area (Å²) in [5.41, 5.74) is 5.98. The molecule has 0 spiro atoms. The van der Waals surface area contributed by atoms with Crippen molar-refractivity contribution in [2.75, 3.05) is 0 Å². The van der Waals surface area contributed by atoms with E-state index < -0.39 is 5.97 Å². The van der Waals surface area contributed by atoms with Crippen LogP contribution in [0.1, 0.15) is 44.9 Å². The van der Waals surface area contributed by atoms with Crippen LogP contribution in [0.5, 0.6) is 0 Å². The van der Waals surface area contributed by atoms with Crippen LogP contribution in [0.4, 0.5) is 4.79 Å². The monoisotopic (exact) mass is 269 g/mol. The summed E-state index contributed by atoms with van der Waals surface area (Å²) in [6.45, 7) is 0. The second kappa shape index (κ2) is 6.23. The first-order chi connectivity index (χ1) is 9.06. The van der Waals surface area contributed by atoms with E-state index in [9.17, 15) is 9.59 Å². The number of amides is 2. The molecule has 19 heavy (non-hydrogen) atoms. The average molecular weight is 269 g/mol. The second-order valence-corrected chi connectivity index (χ2v) is 5.72. The SMILES string of the molecule is NC1CCCCC1NC(=O)NC1CCC(C(=O)O)C1. The van der Waals surface area contributed by atoms with Gasteiger partial charge < -0.3 is 21.5 Å². The predicted octanol–water partition coefficient (Wildman–Crippen LogP) is 0.809. The molecule has 4 unspecified atom stereocenters. The third-order valence-corrected chi connectivity index (χ3v) is 4.25. The van der Waals surface area contributed by atoms with Crippen LogP contribution in [0.2, 0.25) is 0 Å². The third kappa shape index (κ3) is 3.83. The van der Waals surface area contributed by atoms with Gasteiger partial charge in [0, 0.05) is 18.1 Å². The molecule has 2 fully saturated rings. The fraction of sp³-hybridized carbons (Fsp3) is 0.846. The van der Waals surface area contributed by atoms with Crippen LogP contribution in [-0.2, 0) is 4.79 Å². The number of carbonyl (C=O) groups excluding carboxylic acids is 1. The van der Waals surface area contributed by atoms with E-state index in [0.717, 1.165) is 32.1 Å². The minimum Gasteiger partial charge on any atom is -0.481 e. The maximum Gasteiger partial charge on any atom is 0.315 e. The Morgan fingerprint density at radius 2 is 1.79 bits per heavy atom. The Balaban J connectivity index is 1.74. The van der Waals surface area contributed by atoms with Crippen molar-refractivity contribution in [2.24, 2.45) is 11.7 Å². The fourth-order valence-corrected chi connectivity index (χ4v) is 3.07. The zero-order chi connectivity index (χ0) is 13.8. The molecule has 2 amide bonds. The first-order valence-electron chi connectivity index (χ1n) is 7.11. The van der Waals surface area contributed by atoms with Crippen molar-refractivity contribution in [3.05, 3.63) is 0 Å². The first-order valence-corrected chi connectivity index (χ1v) is 7.11. The summed E-state index contributed by atoms with van der Waals surface area (Å²) >= 11 is 0. The molecule has 0 aromatic heterocycles. The number of aliphatic carboxylic acids is 1. The van der Waals surface area contributed by atoms with E-state index in [1.54, 1.807) is 0 Å². The quantitative estimate of drug-likeness (QED) is 0.608. The predicted molar refractivity (Wildman–Crippen MR) is 70.7 cm³/mol. The molecule has 5 N–H and O–H groups in total. The molecule has 0 saturated heterocycles. The van der Waals surface area contributed by atoms with Gasteiger partial charge in [-0.1, -0.05) is 12.8 Å². The standard InChI is InChI=1S/C13H23N3O3/c14-10-3-1-2-4-11(10)16-13(19)15-9-6-5-8(7-9)12(17)18/h8-11H,1-7,14H2,(H,17,18)(H2,15,16,19). The number of nitrogens with two attached hydrogens (primary N) is 1. The molecule has 0 aliphatic heterocycles. The minimum atomic E-state index is -0.765. The number of nitrogens with one attached hydrogen (secondary N) is 2. The van der Waals surface area contributed by atoms with Gasteiger partial charge in [-0.2, -0.15) is 0 Å². The number of urea groups is 1. The molecule has 0 radical (unpaired) electrons. The Morgan fingerprint density at radius 3 is 2.42 bits per heavy atom. The first kappa shape index (κ1) is 14.1. The molecule has 2 aliphatic rings. The van der Waals surface area contributed by atoms with Crippen molar-refractivity contribution in [2.45, 2.75) is 63.1 Å². The van der Waals surface area contributed by atoms with Crippen LogP contribution in [0.15, 0.2) is 0 Å². The average Bonchev–Trinajstić information content (AvgIpc) is 2.80. The summed E-state index contributed by atoms with van der Waals surface area (Å²) in [6.07, 6.45) is 6.02. The van der Waals surface area contributed by atoms with Crippen LogP contribution in [0.3, 0.4) is 0 Å². The molecule has 0 heterocycles. The van der Waals surface area contributed by atoms with Crippen molar-refractivity contribution in [3.8, 4) is 0 Å². The van der Waals surface area contributed by atoms with Crippen LogP contribution in [-0.4, -0.2) is 35.2 Å². The van der Waals surface area contributed by atoms with Crippen molar-refractivity contribution in [1.29, 1.82) is 0 Å². The zero-order valence-electron chi connectivity index (χ0n) is 11.1. The maximum atomic E-state index is 11.9. The Kier molecular flexibility index (Phi) is 4.63. The molecule has 2 rings (SSSR count). The lowest BCUT2D eigenvalue weighted by molar-refractivity contribution is -0.141. The Morgan fingerprint density at radius 1 is 1.05 bits per heavy atom. The van der Waals surface area contributed by atoms with Gasteiger partial charge in [0.2, 0.25) is 0 Å². The maximum absolute atomic E-state index is 11.9. The molecular formula is C13H23N3O3. The van der Waals surface area contributed by atoms with Gasteiger partial charge in [0.1, 0.15) is 0 Å². The summed E-state index contributed by atoms with van der Waals surface area (Å²) in [5, 5.41) is 14.7. The molecule has 0 bridgehead atoms. The highest BCUT2D eigenvalue weighted by molar-refractivity contribution is 5.75. The summed E-state index contributed by atoms with van der Waals surface area (Å²) in [6, 6.07) is -0.153. The Labute approximate surface area is 113 Å². The third-order valence-electron chi connectivity index (χ3n) is 4.25. The van der Waals surface area contributed by atoms with Gasteiger partial charge in [-0.15, -0.1) is 0 Å². The van der Waals surface area contributed by atoms with Crippen molar-refractivity contribution < 1.29 is 14.7 Å². The fourth-order valence-electron chi connectivity index (χ4n) is 3.07. The van der Waals surface area contributed by atoms with Gasteiger partial charge in [-0.3, -0.25) is 4.79 Å². The van der Waals surface area contributed by atoms with E-state index in [1.807, 2.05) is 0 Å². The zero-order valence-corrected chi connectivity index (χ0v) is 11.1. The minimum absolute atomic E-state index is 0.0269. The lowest BCUT2D eigenvalue weighted by Gasteiger charge is -2.29. The Bertz CT molecular complexity index is 348.